The number of rotatable bonds is 5. The molecule has 0 saturated carbocycles. The van der Waals surface area contributed by atoms with Gasteiger partial charge >= 0.3 is 0 Å². The molecule has 0 unspecified atom stereocenters. The summed E-state index contributed by atoms with van der Waals surface area (Å²) in [5.41, 5.74) is 5.01. The lowest BCUT2D eigenvalue weighted by atomic mass is 10.1. The van der Waals surface area contributed by atoms with Crippen LogP contribution in [0.5, 0.6) is 17.2 Å². The molecule has 2 aromatic rings. The zero-order chi connectivity index (χ0) is 17.8. The van der Waals surface area contributed by atoms with Crippen LogP contribution in [0.15, 0.2) is 35.4 Å². The van der Waals surface area contributed by atoms with Crippen LogP contribution in [-0.4, -0.2) is 25.5 Å². The smallest absolute Gasteiger partial charge is 0.277 e. The average Bonchev–Trinajstić information content (AvgIpc) is 3.05. The molecule has 2 aromatic carbocycles. The monoisotopic (exact) mass is 360 g/mol. The van der Waals surface area contributed by atoms with E-state index in [2.05, 4.69) is 10.5 Å². The maximum Gasteiger partial charge on any atom is 0.277 e. The number of carbonyl (C=O) groups is 1. The average molecular weight is 361 g/mol. The van der Waals surface area contributed by atoms with Crippen LogP contribution < -0.4 is 19.6 Å². The highest BCUT2D eigenvalue weighted by molar-refractivity contribution is 6.32. The Balaban J connectivity index is 1.51. The summed E-state index contributed by atoms with van der Waals surface area (Å²) in [6.07, 6.45) is 1.52. The molecule has 0 atom stereocenters. The van der Waals surface area contributed by atoms with Crippen LogP contribution in [0.2, 0.25) is 5.02 Å². The molecule has 0 aromatic heterocycles. The number of amides is 1. The second kappa shape index (κ2) is 7.44. The topological polar surface area (TPSA) is 69.2 Å². The number of halogens is 1. The number of aryl methyl sites for hydroxylation is 2. The summed E-state index contributed by atoms with van der Waals surface area (Å²) in [6.45, 7) is 3.85. The molecule has 1 amide bonds. The third-order valence-corrected chi connectivity index (χ3v) is 4.18. The molecule has 1 aliphatic heterocycles. The van der Waals surface area contributed by atoms with E-state index < -0.39 is 0 Å². The highest BCUT2D eigenvalue weighted by atomic mass is 35.5. The van der Waals surface area contributed by atoms with E-state index in [-0.39, 0.29) is 19.3 Å². The van der Waals surface area contributed by atoms with Crippen LogP contribution >= 0.6 is 11.6 Å². The van der Waals surface area contributed by atoms with Crippen molar-refractivity contribution in [1.29, 1.82) is 0 Å². The normalized spacial score (nSPS) is 12.4. The van der Waals surface area contributed by atoms with E-state index in [9.17, 15) is 4.79 Å². The van der Waals surface area contributed by atoms with E-state index in [1.807, 2.05) is 19.9 Å². The lowest BCUT2D eigenvalue weighted by Gasteiger charge is -2.09. The summed E-state index contributed by atoms with van der Waals surface area (Å²) < 4.78 is 16.0. The molecule has 0 fully saturated rings. The van der Waals surface area contributed by atoms with Crippen molar-refractivity contribution in [3.05, 3.63) is 52.0 Å². The quantitative estimate of drug-likeness (QED) is 0.656. The number of carbonyl (C=O) groups excluding carboxylic acids is 1. The summed E-state index contributed by atoms with van der Waals surface area (Å²) >= 11 is 6.10. The van der Waals surface area contributed by atoms with Crippen molar-refractivity contribution in [2.75, 3.05) is 13.4 Å². The molecule has 0 radical (unpaired) electrons. The molecule has 0 bridgehead atoms. The molecule has 7 heteroatoms. The number of nitrogens with one attached hydrogen (secondary N) is 1. The largest absolute Gasteiger partial charge is 0.484 e. The molecule has 0 aliphatic carbocycles. The van der Waals surface area contributed by atoms with Crippen molar-refractivity contribution < 1.29 is 19.0 Å². The number of ether oxygens (including phenoxy) is 3. The summed E-state index contributed by atoms with van der Waals surface area (Å²) in [6, 6.07) is 8.98. The number of hydrazone groups is 1. The number of nitrogens with zero attached hydrogens (tertiary/aromatic N) is 1. The zero-order valence-corrected chi connectivity index (χ0v) is 14.6. The van der Waals surface area contributed by atoms with Crippen molar-refractivity contribution in [1.82, 2.24) is 5.43 Å². The Morgan fingerprint density at radius 2 is 1.96 bits per heavy atom. The predicted molar refractivity (Wildman–Crippen MR) is 94.7 cm³/mol. The second-order valence-corrected chi connectivity index (χ2v) is 5.94. The van der Waals surface area contributed by atoms with Gasteiger partial charge in [-0.3, -0.25) is 4.79 Å². The standard InChI is InChI=1S/C18H17ClN2O4/c1-11-5-14(6-12(2)18(11)19)23-9-17(22)21-20-8-13-3-4-15-16(7-13)25-10-24-15/h3-8H,9-10H2,1-2H3,(H,21,22). The van der Waals surface area contributed by atoms with Gasteiger partial charge in [-0.1, -0.05) is 11.6 Å². The van der Waals surface area contributed by atoms with Crippen molar-refractivity contribution in [2.45, 2.75) is 13.8 Å². The maximum atomic E-state index is 11.8. The molecule has 0 saturated heterocycles. The van der Waals surface area contributed by atoms with Gasteiger partial charge in [0, 0.05) is 5.02 Å². The third-order valence-electron chi connectivity index (χ3n) is 3.58. The fourth-order valence-corrected chi connectivity index (χ4v) is 2.45. The number of hydrogen-bond donors (Lipinski definition) is 1. The second-order valence-electron chi connectivity index (χ2n) is 5.57. The van der Waals surface area contributed by atoms with Crippen LogP contribution in [0, 0.1) is 13.8 Å². The van der Waals surface area contributed by atoms with Crippen LogP contribution in [0.3, 0.4) is 0 Å². The Morgan fingerprint density at radius 3 is 2.72 bits per heavy atom. The SMILES string of the molecule is Cc1cc(OCC(=O)NN=Cc2ccc3c(c2)OCO3)cc(C)c1Cl. The minimum atomic E-state index is -0.359. The van der Waals surface area contributed by atoms with Gasteiger partial charge in [-0.05, 0) is 60.9 Å². The van der Waals surface area contributed by atoms with Gasteiger partial charge < -0.3 is 14.2 Å². The van der Waals surface area contributed by atoms with Crippen molar-refractivity contribution in [3.8, 4) is 17.2 Å². The Labute approximate surface area is 150 Å². The van der Waals surface area contributed by atoms with Gasteiger partial charge in [0.05, 0.1) is 6.21 Å². The van der Waals surface area contributed by atoms with Crippen molar-refractivity contribution in [3.63, 3.8) is 0 Å². The highest BCUT2D eigenvalue weighted by Gasteiger charge is 2.12. The first-order valence-electron chi connectivity index (χ1n) is 7.64. The first-order valence-corrected chi connectivity index (χ1v) is 8.02. The zero-order valence-electron chi connectivity index (χ0n) is 13.8. The van der Waals surface area contributed by atoms with Gasteiger partial charge in [0.15, 0.2) is 18.1 Å². The Hall–Kier alpha value is -2.73. The van der Waals surface area contributed by atoms with Gasteiger partial charge in [-0.2, -0.15) is 5.10 Å². The predicted octanol–water partition coefficient (Wildman–Crippen LogP) is 3.21. The first kappa shape index (κ1) is 17.1. The maximum absolute atomic E-state index is 11.8. The molecule has 1 heterocycles. The summed E-state index contributed by atoms with van der Waals surface area (Å²) in [4.78, 5) is 11.8. The minimum absolute atomic E-state index is 0.140. The van der Waals surface area contributed by atoms with Gasteiger partial charge in [-0.25, -0.2) is 5.43 Å². The van der Waals surface area contributed by atoms with E-state index in [4.69, 9.17) is 25.8 Å². The Bertz CT molecular complexity index is 813. The molecular weight excluding hydrogens is 344 g/mol. The molecule has 25 heavy (non-hydrogen) atoms. The highest BCUT2D eigenvalue weighted by Crippen LogP contribution is 2.32. The van der Waals surface area contributed by atoms with Crippen LogP contribution in [0.4, 0.5) is 0 Å². The van der Waals surface area contributed by atoms with E-state index in [1.54, 1.807) is 24.3 Å². The molecular formula is C18H17ClN2O4. The fraction of sp³-hybridized carbons (Fsp3) is 0.222. The van der Waals surface area contributed by atoms with E-state index in [1.165, 1.54) is 6.21 Å². The molecule has 1 aliphatic rings. The van der Waals surface area contributed by atoms with E-state index in [0.717, 1.165) is 16.7 Å². The summed E-state index contributed by atoms with van der Waals surface area (Å²) in [7, 11) is 0. The van der Waals surface area contributed by atoms with E-state index >= 15 is 0 Å². The van der Waals surface area contributed by atoms with Gasteiger partial charge in [0.1, 0.15) is 5.75 Å². The molecule has 6 nitrogen and oxygen atoms in total. The molecule has 1 N–H and O–H groups in total. The van der Waals surface area contributed by atoms with Crippen LogP contribution in [0.1, 0.15) is 16.7 Å². The number of hydrogen-bond acceptors (Lipinski definition) is 5. The van der Waals surface area contributed by atoms with Crippen molar-refractivity contribution >= 4 is 23.7 Å². The van der Waals surface area contributed by atoms with Crippen molar-refractivity contribution in [2.24, 2.45) is 5.10 Å². The van der Waals surface area contributed by atoms with Gasteiger partial charge in [0.25, 0.3) is 5.91 Å². The Morgan fingerprint density at radius 1 is 1.24 bits per heavy atom. The van der Waals surface area contributed by atoms with Gasteiger partial charge in [0.2, 0.25) is 6.79 Å². The lowest BCUT2D eigenvalue weighted by Crippen LogP contribution is -2.24. The molecule has 0 spiro atoms. The summed E-state index contributed by atoms with van der Waals surface area (Å²) in [5.74, 6) is 1.59. The fourth-order valence-electron chi connectivity index (χ4n) is 2.34. The number of benzene rings is 2. The summed E-state index contributed by atoms with van der Waals surface area (Å²) in [5, 5.41) is 4.61. The Kier molecular flexibility index (Phi) is 5.09. The third kappa shape index (κ3) is 4.22. The van der Waals surface area contributed by atoms with E-state index in [0.29, 0.717) is 22.3 Å². The molecule has 3 rings (SSSR count). The molecule has 130 valence electrons. The minimum Gasteiger partial charge on any atom is -0.484 e. The number of fused-ring (bicyclic) bond motifs is 1. The lowest BCUT2D eigenvalue weighted by molar-refractivity contribution is -0.123. The first-order chi connectivity index (χ1) is 12.0. The van der Waals surface area contributed by atoms with Crippen LogP contribution in [-0.2, 0) is 4.79 Å². The van der Waals surface area contributed by atoms with Crippen LogP contribution in [0.25, 0.3) is 0 Å². The van der Waals surface area contributed by atoms with Gasteiger partial charge in [-0.15, -0.1) is 0 Å².